The molecule has 0 N–H and O–H groups in total. The Morgan fingerprint density at radius 2 is 0.933 bits per heavy atom. The third-order valence-corrected chi connectivity index (χ3v) is 7.39. The van der Waals surface area contributed by atoms with E-state index in [0.29, 0.717) is 0 Å². The SMILES string of the molecule is Cc1cc(-c2ccccc2)cc(C)[n+]1CCc1nnc(-[n+]2c(C)cc(-c3ccccc3)cc2C)s1.[O-][Cl+3]([O-])([O-])[O-].[O-][Cl+3]([O-])([O-])[O-]. The summed E-state index contributed by atoms with van der Waals surface area (Å²) in [4.78, 5) is 0. The van der Waals surface area contributed by atoms with Crippen LogP contribution in [0.25, 0.3) is 27.4 Å². The molecular weight excluding hydrogens is 647 g/mol. The van der Waals surface area contributed by atoms with Gasteiger partial charge in [-0.25, -0.2) is 37.3 Å². The monoisotopic (exact) mass is 676 g/mol. The van der Waals surface area contributed by atoms with E-state index >= 15 is 0 Å². The predicted octanol–water partition coefficient (Wildman–Crippen LogP) is -3.60. The Morgan fingerprint density at radius 3 is 1.33 bits per heavy atom. The molecule has 0 spiro atoms. The van der Waals surface area contributed by atoms with Crippen molar-refractivity contribution >= 4 is 11.3 Å². The summed E-state index contributed by atoms with van der Waals surface area (Å²) in [5, 5.41) is 11.0. The van der Waals surface area contributed by atoms with Crippen LogP contribution < -0.4 is 46.4 Å². The van der Waals surface area contributed by atoms with Crippen molar-refractivity contribution in [2.45, 2.75) is 40.7 Å². The minimum Gasteiger partial charge on any atom is -0.222 e. The van der Waals surface area contributed by atoms with E-state index in [1.165, 1.54) is 33.6 Å². The van der Waals surface area contributed by atoms with Gasteiger partial charge in [0, 0.05) is 26.0 Å². The molecule has 12 nitrogen and oxygen atoms in total. The summed E-state index contributed by atoms with van der Waals surface area (Å²) in [6.45, 7) is 9.52. The predicted molar refractivity (Wildman–Crippen MR) is 142 cm³/mol. The van der Waals surface area contributed by atoms with E-state index in [9.17, 15) is 0 Å². The first-order valence-corrected chi connectivity index (χ1v) is 16.5. The van der Waals surface area contributed by atoms with Crippen molar-refractivity contribution < 1.29 is 66.9 Å². The van der Waals surface area contributed by atoms with E-state index in [1.54, 1.807) is 11.3 Å². The second kappa shape index (κ2) is 15.7. The molecule has 0 radical (unpaired) electrons. The largest absolute Gasteiger partial charge is 0.415 e. The van der Waals surface area contributed by atoms with Gasteiger partial charge in [0.2, 0.25) is 0 Å². The standard InChI is InChI=1S/C30H30N4S.2ClHO4/c1-21-17-27(25-11-7-5-8-12-25)18-22(2)33(21)16-15-29-31-32-30(35-29)34-23(3)19-28(20-24(34)4)26-13-9-6-10-14-26;2*2-1(3,4)5/h5-14,17-20H,15-16H2,1-4H3;2*(H,2,3,4,5)/q+2;;/p-2. The summed E-state index contributed by atoms with van der Waals surface area (Å²) in [6, 6.07) is 30.0. The lowest BCUT2D eigenvalue weighted by molar-refractivity contribution is -2.00. The van der Waals surface area contributed by atoms with Crippen LogP contribution in [0, 0.1) is 48.2 Å². The normalized spacial score (nSPS) is 11.3. The summed E-state index contributed by atoms with van der Waals surface area (Å²) in [6.07, 6.45) is 0.857. The van der Waals surface area contributed by atoms with Gasteiger partial charge < -0.3 is 0 Å². The number of aromatic nitrogens is 4. The van der Waals surface area contributed by atoms with Crippen LogP contribution in [0.5, 0.6) is 0 Å². The number of pyridine rings is 2. The number of hydrogen-bond acceptors (Lipinski definition) is 11. The number of hydrogen-bond donors (Lipinski definition) is 0. The van der Waals surface area contributed by atoms with Crippen LogP contribution in [0.2, 0.25) is 0 Å². The van der Waals surface area contributed by atoms with Crippen molar-refractivity contribution in [1.29, 1.82) is 0 Å². The van der Waals surface area contributed by atoms with Crippen molar-refractivity contribution in [3.63, 3.8) is 0 Å². The second-order valence-electron chi connectivity index (χ2n) is 9.76. The molecule has 0 aliphatic rings. The molecule has 15 heteroatoms. The molecule has 0 aliphatic carbocycles. The van der Waals surface area contributed by atoms with Crippen LogP contribution in [0.1, 0.15) is 27.8 Å². The van der Waals surface area contributed by atoms with Gasteiger partial charge >= 0.3 is 5.13 Å². The van der Waals surface area contributed by atoms with Crippen molar-refractivity contribution in [2.75, 3.05) is 0 Å². The van der Waals surface area contributed by atoms with Crippen molar-refractivity contribution in [3.05, 3.63) is 113 Å². The average Bonchev–Trinajstić information content (AvgIpc) is 3.39. The fourth-order valence-corrected chi connectivity index (χ4v) is 5.66. The second-order valence-corrected chi connectivity index (χ2v) is 12.3. The molecule has 0 unspecified atom stereocenters. The smallest absolute Gasteiger partial charge is 0.222 e. The molecule has 0 saturated carbocycles. The highest BCUT2D eigenvalue weighted by Gasteiger charge is 2.22. The number of halogens is 2. The van der Waals surface area contributed by atoms with Gasteiger partial charge in [0.1, 0.15) is 11.4 Å². The zero-order valence-corrected chi connectivity index (χ0v) is 27.0. The van der Waals surface area contributed by atoms with Crippen LogP contribution in [0.3, 0.4) is 0 Å². The molecule has 0 saturated heterocycles. The maximum absolute atomic E-state index is 8.49. The molecule has 5 aromatic rings. The van der Waals surface area contributed by atoms with Gasteiger partial charge in [0.25, 0.3) is 0 Å². The highest BCUT2D eigenvalue weighted by molar-refractivity contribution is 7.13. The maximum Gasteiger partial charge on any atom is 0.415 e. The number of aryl methyl sites for hydroxylation is 5. The van der Waals surface area contributed by atoms with E-state index in [4.69, 9.17) is 37.3 Å². The van der Waals surface area contributed by atoms with Crippen LogP contribution in [-0.2, 0) is 13.0 Å². The highest BCUT2D eigenvalue weighted by Crippen LogP contribution is 2.22. The first-order valence-electron chi connectivity index (χ1n) is 13.2. The van der Waals surface area contributed by atoms with Crippen molar-refractivity contribution in [3.8, 4) is 27.4 Å². The molecule has 238 valence electrons. The molecular formula is C30H30Cl2N4O8S. The third-order valence-electron chi connectivity index (χ3n) is 6.43. The van der Waals surface area contributed by atoms with Gasteiger partial charge in [0.05, 0.1) is 11.5 Å². The van der Waals surface area contributed by atoms with Gasteiger partial charge in [-0.05, 0) is 64.7 Å². The first kappa shape index (κ1) is 36.0. The van der Waals surface area contributed by atoms with Gasteiger partial charge in [-0.15, -0.1) is 20.5 Å². The number of benzene rings is 2. The topological polar surface area (TPSA) is 218 Å². The van der Waals surface area contributed by atoms with Crippen molar-refractivity contribution in [1.82, 2.24) is 10.2 Å². The lowest BCUT2D eigenvalue weighted by atomic mass is 10.0. The molecule has 2 aromatic carbocycles. The highest BCUT2D eigenvalue weighted by atomic mass is 35.7. The average molecular weight is 678 g/mol. The quantitative estimate of drug-likeness (QED) is 0.161. The molecule has 3 aromatic heterocycles. The Hall–Kier alpha value is -3.44. The van der Waals surface area contributed by atoms with Gasteiger partial charge in [0.15, 0.2) is 22.9 Å². The molecule has 0 atom stereocenters. The van der Waals surface area contributed by atoms with Crippen molar-refractivity contribution in [2.24, 2.45) is 0 Å². The lowest BCUT2D eigenvalue weighted by Gasteiger charge is -2.17. The first-order chi connectivity index (χ1) is 21.0. The van der Waals surface area contributed by atoms with Gasteiger partial charge in [-0.3, -0.25) is 0 Å². The molecule has 3 heterocycles. The van der Waals surface area contributed by atoms with Crippen LogP contribution in [0.15, 0.2) is 84.9 Å². The summed E-state index contributed by atoms with van der Waals surface area (Å²) in [5.41, 5.74) is 9.79. The van der Waals surface area contributed by atoms with Crippen LogP contribution in [0.4, 0.5) is 0 Å². The van der Waals surface area contributed by atoms with E-state index in [2.05, 4.69) is 126 Å². The van der Waals surface area contributed by atoms with Gasteiger partial charge in [-0.1, -0.05) is 60.7 Å². The minimum atomic E-state index is -4.94. The lowest BCUT2D eigenvalue weighted by Crippen LogP contribution is -2.68. The molecule has 0 bridgehead atoms. The molecule has 5 rings (SSSR count). The van der Waals surface area contributed by atoms with Crippen LogP contribution >= 0.6 is 11.3 Å². The van der Waals surface area contributed by atoms with E-state index < -0.39 is 20.5 Å². The van der Waals surface area contributed by atoms with E-state index in [1.807, 2.05) is 6.07 Å². The Labute approximate surface area is 268 Å². The number of rotatable bonds is 6. The van der Waals surface area contributed by atoms with E-state index in [-0.39, 0.29) is 0 Å². The molecule has 45 heavy (non-hydrogen) atoms. The zero-order valence-electron chi connectivity index (χ0n) is 24.7. The minimum absolute atomic E-state index is 0.857. The Morgan fingerprint density at radius 1 is 0.556 bits per heavy atom. The summed E-state index contributed by atoms with van der Waals surface area (Å²) in [7, 11) is -9.89. The van der Waals surface area contributed by atoms with Gasteiger partial charge in [-0.2, -0.15) is 9.13 Å². The molecule has 0 fully saturated rings. The number of nitrogens with zero attached hydrogens (tertiary/aromatic N) is 4. The fourth-order valence-electron chi connectivity index (χ4n) is 4.72. The Balaban J connectivity index is 0.000000482. The van der Waals surface area contributed by atoms with Crippen LogP contribution in [-0.4, -0.2) is 10.2 Å². The summed E-state index contributed by atoms with van der Waals surface area (Å²) < 4.78 is 72.5. The zero-order chi connectivity index (χ0) is 33.4. The molecule has 0 amide bonds. The third kappa shape index (κ3) is 12.1. The molecule has 0 aliphatic heterocycles. The maximum atomic E-state index is 8.49. The van der Waals surface area contributed by atoms with E-state index in [0.717, 1.165) is 34.5 Å². The fraction of sp³-hybridized carbons (Fsp3) is 0.200. The summed E-state index contributed by atoms with van der Waals surface area (Å²) in [5.74, 6) is 0. The summed E-state index contributed by atoms with van der Waals surface area (Å²) >= 11 is 1.67. The Bertz CT molecular complexity index is 1630. The Kier molecular flexibility index (Phi) is 12.6.